The maximum atomic E-state index is 11.3. The number of nitrogens with zero attached hydrogens (tertiary/aromatic N) is 1. The Bertz CT molecular complexity index is 791. The molecule has 0 saturated carbocycles. The number of aliphatic hydroxyl groups excluding tert-OH is 8. The van der Waals surface area contributed by atoms with E-state index in [1.54, 1.807) is 0 Å². The summed E-state index contributed by atoms with van der Waals surface area (Å²) in [6.07, 6.45) is -17.3. The molecule has 3 saturated heterocycles. The summed E-state index contributed by atoms with van der Waals surface area (Å²) in [6, 6.07) is -2.82. The van der Waals surface area contributed by atoms with Gasteiger partial charge in [-0.05, 0) is 6.92 Å². The van der Waals surface area contributed by atoms with Gasteiger partial charge in [-0.2, -0.15) is 5.26 Å². The molecule has 3 fully saturated rings. The van der Waals surface area contributed by atoms with Crippen molar-refractivity contribution in [1.82, 2.24) is 5.32 Å². The van der Waals surface area contributed by atoms with Crippen LogP contribution in [0.3, 0.4) is 0 Å². The summed E-state index contributed by atoms with van der Waals surface area (Å²) >= 11 is 0. The van der Waals surface area contributed by atoms with Crippen molar-refractivity contribution in [2.45, 2.75) is 105 Å². The number of nitrogens with two attached hydrogens (primary N) is 2. The Balaban J connectivity index is 1.85. The molecule has 0 aromatic heterocycles. The summed E-state index contributed by atoms with van der Waals surface area (Å²) < 4.78 is 28.1. The Labute approximate surface area is 218 Å². The second kappa shape index (κ2) is 13.5. The van der Waals surface area contributed by atoms with Crippen molar-refractivity contribution in [1.29, 1.82) is 5.26 Å². The Hall–Kier alpha value is -1.15. The molecule has 0 aliphatic carbocycles. The van der Waals surface area contributed by atoms with E-state index in [9.17, 15) is 46.1 Å². The van der Waals surface area contributed by atoms with Crippen molar-refractivity contribution in [3.05, 3.63) is 0 Å². The van der Waals surface area contributed by atoms with Crippen LogP contribution < -0.4 is 16.8 Å². The van der Waals surface area contributed by atoms with Crippen LogP contribution in [-0.4, -0.2) is 159 Å². The van der Waals surface area contributed by atoms with E-state index in [0.29, 0.717) is 0 Å². The smallest absolute Gasteiger partial charge is 0.176 e. The van der Waals surface area contributed by atoms with E-state index < -0.39 is 118 Å². The molecule has 0 radical (unpaired) electrons. The van der Waals surface area contributed by atoms with Gasteiger partial charge in [-0.25, -0.2) is 0 Å². The molecule has 16 atom stereocenters. The summed E-state index contributed by atoms with van der Waals surface area (Å²) in [5, 5.41) is 93.3. The molecule has 3 heterocycles. The molecule has 0 amide bonds. The average molecular weight is 555 g/mol. The quantitative estimate of drug-likeness (QED) is 0.126. The minimum atomic E-state index is -1.59. The SMILES string of the molecule is CC(C#N)N[C@H]1[C@H](OC2[C@@H](CO)O[C@@H](O)[C@H](N)[C@H]2O)O[C@H](CO)C(O[C@@H]2O[C@H](CO)[C@@H](O)[C@H](O)[C@H]2N)[C@@H]1O. The molecule has 17 heteroatoms. The minimum absolute atomic E-state index is 0.674. The molecule has 0 aromatic carbocycles. The van der Waals surface area contributed by atoms with Crippen LogP contribution in [0.1, 0.15) is 6.92 Å². The fraction of sp³-hybridized carbons (Fsp3) is 0.952. The zero-order chi connectivity index (χ0) is 28.3. The summed E-state index contributed by atoms with van der Waals surface area (Å²) in [5.41, 5.74) is 11.7. The first-order valence-electron chi connectivity index (χ1n) is 12.2. The Morgan fingerprint density at radius 1 is 0.763 bits per heavy atom. The second-order valence-electron chi connectivity index (χ2n) is 9.56. The van der Waals surface area contributed by atoms with Crippen LogP contribution in [0.25, 0.3) is 0 Å². The van der Waals surface area contributed by atoms with Crippen molar-refractivity contribution in [3.8, 4) is 6.07 Å². The predicted octanol–water partition coefficient (Wildman–Crippen LogP) is -7.13. The third kappa shape index (κ3) is 6.42. The molecule has 3 rings (SSSR count). The Kier molecular flexibility index (Phi) is 11.1. The van der Waals surface area contributed by atoms with E-state index in [2.05, 4.69) is 5.32 Å². The first-order chi connectivity index (χ1) is 18.0. The van der Waals surface area contributed by atoms with Gasteiger partial charge in [-0.15, -0.1) is 0 Å². The van der Waals surface area contributed by atoms with Gasteiger partial charge in [0.05, 0.1) is 50.1 Å². The maximum absolute atomic E-state index is 11.3. The van der Waals surface area contributed by atoms with Crippen molar-refractivity contribution < 1.29 is 64.5 Å². The fourth-order valence-corrected chi connectivity index (χ4v) is 4.66. The third-order valence-corrected chi connectivity index (χ3v) is 6.92. The molecular weight excluding hydrogens is 516 g/mol. The topological polar surface area (TPSA) is 296 Å². The highest BCUT2D eigenvalue weighted by molar-refractivity contribution is 5.01. The molecule has 0 bridgehead atoms. The number of rotatable bonds is 9. The van der Waals surface area contributed by atoms with Gasteiger partial charge in [0.25, 0.3) is 0 Å². The van der Waals surface area contributed by atoms with E-state index in [0.717, 1.165) is 0 Å². The van der Waals surface area contributed by atoms with Crippen LogP contribution in [0, 0.1) is 11.3 Å². The van der Waals surface area contributed by atoms with Gasteiger partial charge < -0.3 is 76.0 Å². The molecule has 38 heavy (non-hydrogen) atoms. The molecule has 3 aliphatic rings. The summed E-state index contributed by atoms with van der Waals surface area (Å²) in [4.78, 5) is 0. The maximum Gasteiger partial charge on any atom is 0.176 e. The largest absolute Gasteiger partial charge is 0.394 e. The van der Waals surface area contributed by atoms with Gasteiger partial charge in [-0.1, -0.05) is 0 Å². The standard InChI is InChI=1S/C21H38N4O13/c1-6(2-22)25-12-16(32)18(37-20-11(24)14(30)13(29)7(3-26)35-20)9(5-28)36-21(12)38-17-8(4-27)34-19(33)10(23)15(17)31/h6-21,25-33H,3-5,23-24H2,1H3/t6?,7-,8-,9-,10-,11-,12-,13-,14-,15-,16-,17?,18?,19-,20+,21+/m1/s1. The van der Waals surface area contributed by atoms with Gasteiger partial charge in [0.1, 0.15) is 54.9 Å². The molecular formula is C21H38N4O13. The van der Waals surface area contributed by atoms with Gasteiger partial charge >= 0.3 is 0 Å². The van der Waals surface area contributed by atoms with Crippen LogP contribution in [-0.2, 0) is 23.7 Å². The number of hydrogen-bond acceptors (Lipinski definition) is 17. The number of aliphatic hydroxyl groups is 8. The number of hydrogen-bond donors (Lipinski definition) is 11. The highest BCUT2D eigenvalue weighted by Gasteiger charge is 2.53. The van der Waals surface area contributed by atoms with Crippen LogP contribution >= 0.6 is 0 Å². The first kappa shape index (κ1) is 31.4. The van der Waals surface area contributed by atoms with Crippen LogP contribution in [0.2, 0.25) is 0 Å². The Morgan fingerprint density at radius 2 is 1.29 bits per heavy atom. The third-order valence-electron chi connectivity index (χ3n) is 6.92. The molecule has 3 aliphatic heterocycles. The van der Waals surface area contributed by atoms with E-state index in [4.69, 9.17) is 35.2 Å². The highest BCUT2D eigenvalue weighted by atomic mass is 16.7. The number of nitriles is 1. The molecule has 220 valence electrons. The monoisotopic (exact) mass is 554 g/mol. The molecule has 17 nitrogen and oxygen atoms in total. The van der Waals surface area contributed by atoms with Crippen LogP contribution in [0.15, 0.2) is 0 Å². The van der Waals surface area contributed by atoms with E-state index in [-0.39, 0.29) is 0 Å². The lowest BCUT2D eigenvalue weighted by atomic mass is 9.93. The normalized spacial score (nSPS) is 48.8. The van der Waals surface area contributed by atoms with Gasteiger partial charge in [0.15, 0.2) is 18.9 Å². The lowest BCUT2D eigenvalue weighted by Gasteiger charge is -2.49. The first-order valence-corrected chi connectivity index (χ1v) is 12.2. The zero-order valence-corrected chi connectivity index (χ0v) is 20.6. The van der Waals surface area contributed by atoms with Crippen molar-refractivity contribution in [2.75, 3.05) is 19.8 Å². The van der Waals surface area contributed by atoms with Gasteiger partial charge in [-0.3, -0.25) is 5.32 Å². The van der Waals surface area contributed by atoms with E-state index in [1.807, 2.05) is 6.07 Å². The molecule has 13 N–H and O–H groups in total. The van der Waals surface area contributed by atoms with Crippen LogP contribution in [0.5, 0.6) is 0 Å². The Morgan fingerprint density at radius 3 is 1.87 bits per heavy atom. The van der Waals surface area contributed by atoms with E-state index in [1.165, 1.54) is 6.92 Å². The average Bonchev–Trinajstić information content (AvgIpc) is 2.91. The second-order valence-corrected chi connectivity index (χ2v) is 9.56. The van der Waals surface area contributed by atoms with E-state index >= 15 is 0 Å². The summed E-state index contributed by atoms with van der Waals surface area (Å²) in [7, 11) is 0. The number of nitrogens with one attached hydrogen (secondary N) is 1. The lowest BCUT2D eigenvalue weighted by Crippen LogP contribution is -2.70. The fourth-order valence-electron chi connectivity index (χ4n) is 4.66. The van der Waals surface area contributed by atoms with Crippen LogP contribution in [0.4, 0.5) is 0 Å². The molecule has 0 spiro atoms. The number of ether oxygens (including phenoxy) is 5. The van der Waals surface area contributed by atoms with Crippen molar-refractivity contribution in [2.24, 2.45) is 11.5 Å². The van der Waals surface area contributed by atoms with Gasteiger partial charge in [0, 0.05) is 0 Å². The highest BCUT2D eigenvalue weighted by Crippen LogP contribution is 2.32. The lowest BCUT2D eigenvalue weighted by molar-refractivity contribution is -0.350. The van der Waals surface area contributed by atoms with Gasteiger partial charge in [0.2, 0.25) is 0 Å². The predicted molar refractivity (Wildman–Crippen MR) is 121 cm³/mol. The molecule has 3 unspecified atom stereocenters. The van der Waals surface area contributed by atoms with Crippen molar-refractivity contribution in [3.63, 3.8) is 0 Å². The molecule has 0 aromatic rings. The summed E-state index contributed by atoms with van der Waals surface area (Å²) in [6.45, 7) is -0.612. The summed E-state index contributed by atoms with van der Waals surface area (Å²) in [5.74, 6) is 0. The minimum Gasteiger partial charge on any atom is -0.394 e. The zero-order valence-electron chi connectivity index (χ0n) is 20.6. The van der Waals surface area contributed by atoms with Crippen molar-refractivity contribution >= 4 is 0 Å².